The van der Waals surface area contributed by atoms with Gasteiger partial charge in [0.2, 0.25) is 0 Å². The molecule has 2 heterocycles. The molecule has 1 unspecified atom stereocenters. The van der Waals surface area contributed by atoms with Gasteiger partial charge in [-0.1, -0.05) is 62.4 Å². The number of carbonyl (C=O) groups excluding carboxylic acids is 2. The lowest BCUT2D eigenvalue weighted by molar-refractivity contribution is -0.160. The minimum Gasteiger partial charge on any atom is -0.462 e. The summed E-state index contributed by atoms with van der Waals surface area (Å²) in [7, 11) is 0. The first kappa shape index (κ1) is 27.3. The molecule has 4 aromatic rings. The van der Waals surface area contributed by atoms with Gasteiger partial charge in [0.15, 0.2) is 0 Å². The molecule has 0 radical (unpaired) electrons. The maximum Gasteiger partial charge on any atom is 0.308 e. The number of hydrogen-bond donors (Lipinski definition) is 2. The zero-order valence-corrected chi connectivity index (χ0v) is 22.6. The number of carbonyl (C=O) groups is 2. The van der Waals surface area contributed by atoms with E-state index in [-0.39, 0.29) is 30.1 Å². The maximum atomic E-state index is 13.9. The number of aromatic nitrogens is 1. The molecule has 0 spiro atoms. The molecule has 6 nitrogen and oxygen atoms in total. The van der Waals surface area contributed by atoms with Gasteiger partial charge in [-0.25, -0.2) is 4.39 Å². The van der Waals surface area contributed by atoms with E-state index in [1.807, 2.05) is 80.6 Å². The average molecular weight is 541 g/mol. The van der Waals surface area contributed by atoms with Crippen molar-refractivity contribution in [3.63, 3.8) is 0 Å². The lowest BCUT2D eigenvalue weighted by atomic mass is 9.93. The molecule has 1 aromatic heterocycles. The van der Waals surface area contributed by atoms with Crippen molar-refractivity contribution < 1.29 is 23.8 Å². The fourth-order valence-electron chi connectivity index (χ4n) is 5.53. The minimum absolute atomic E-state index is 0.0160. The summed E-state index contributed by atoms with van der Waals surface area (Å²) in [5.41, 5.74) is 4.47. The van der Waals surface area contributed by atoms with Crippen molar-refractivity contribution in [1.82, 2.24) is 4.57 Å². The van der Waals surface area contributed by atoms with Crippen LogP contribution in [0.3, 0.4) is 0 Å². The van der Waals surface area contributed by atoms with Crippen LogP contribution < -0.4 is 5.32 Å². The lowest BCUT2D eigenvalue weighted by Gasteiger charge is -2.32. The first-order valence-electron chi connectivity index (χ1n) is 13.6. The second-order valence-corrected chi connectivity index (χ2v) is 10.5. The van der Waals surface area contributed by atoms with Gasteiger partial charge in [-0.3, -0.25) is 9.59 Å². The SMILES string of the molecule is CC(C)c1c(C(=O)Nc2ccccc2)cc(-c2ccc(F)cc2)n1C(C[C@H]1C[C@H](O)CC(=O)O1)c1ccccc1. The fraction of sp³-hybridized carbons (Fsp3) is 0.273. The van der Waals surface area contributed by atoms with Crippen LogP contribution in [0.2, 0.25) is 0 Å². The van der Waals surface area contributed by atoms with Crippen LogP contribution in [-0.4, -0.2) is 33.8 Å². The van der Waals surface area contributed by atoms with Crippen LogP contribution in [0, 0.1) is 5.82 Å². The summed E-state index contributed by atoms with van der Waals surface area (Å²) in [6, 6.07) is 26.9. The number of amides is 1. The Kier molecular flexibility index (Phi) is 8.12. The standard InChI is InChI=1S/C33H33FN2O4/c1-21(2)32-28(33(39)35-25-11-7-4-8-12-25)20-30(23-13-15-24(34)16-14-23)36(32)29(22-9-5-3-6-10-22)19-27-17-26(37)18-31(38)40-27/h3-16,20-21,26-27,29,37H,17-19H2,1-2H3,(H,35,39)/t26-,27+,29?/m0/s1. The number of para-hydroxylation sites is 1. The zero-order chi connectivity index (χ0) is 28.2. The topological polar surface area (TPSA) is 80.6 Å². The van der Waals surface area contributed by atoms with Gasteiger partial charge in [-0.15, -0.1) is 0 Å². The molecular formula is C33H33FN2O4. The molecule has 1 fully saturated rings. The predicted octanol–water partition coefficient (Wildman–Crippen LogP) is 6.72. The highest BCUT2D eigenvalue weighted by molar-refractivity contribution is 6.06. The van der Waals surface area contributed by atoms with E-state index in [0.717, 1.165) is 22.5 Å². The van der Waals surface area contributed by atoms with Crippen LogP contribution in [0.1, 0.15) is 66.7 Å². The molecule has 40 heavy (non-hydrogen) atoms. The van der Waals surface area contributed by atoms with Gasteiger partial charge in [0.05, 0.1) is 24.1 Å². The lowest BCUT2D eigenvalue weighted by Crippen LogP contribution is -2.34. The Labute approximate surface area is 233 Å². The van der Waals surface area contributed by atoms with Gasteiger partial charge >= 0.3 is 5.97 Å². The molecule has 1 amide bonds. The summed E-state index contributed by atoms with van der Waals surface area (Å²) in [5, 5.41) is 13.3. The number of hydrogen-bond acceptors (Lipinski definition) is 4. The van der Waals surface area contributed by atoms with Crippen molar-refractivity contribution in [2.75, 3.05) is 5.32 Å². The summed E-state index contributed by atoms with van der Waals surface area (Å²) in [4.78, 5) is 26.0. The monoisotopic (exact) mass is 540 g/mol. The summed E-state index contributed by atoms with van der Waals surface area (Å²) in [6.07, 6.45) is -0.555. The minimum atomic E-state index is -0.763. The van der Waals surface area contributed by atoms with E-state index < -0.39 is 18.2 Å². The van der Waals surface area contributed by atoms with E-state index in [0.29, 0.717) is 24.1 Å². The van der Waals surface area contributed by atoms with Gasteiger partial charge in [-0.2, -0.15) is 0 Å². The highest BCUT2D eigenvalue weighted by Crippen LogP contribution is 2.39. The number of esters is 1. The smallest absolute Gasteiger partial charge is 0.308 e. The first-order chi connectivity index (χ1) is 19.3. The van der Waals surface area contributed by atoms with Gasteiger partial charge in [-0.05, 0) is 59.5 Å². The van der Waals surface area contributed by atoms with Crippen LogP contribution in [-0.2, 0) is 9.53 Å². The highest BCUT2D eigenvalue weighted by atomic mass is 19.1. The van der Waals surface area contributed by atoms with Crippen molar-refractivity contribution in [3.05, 3.63) is 114 Å². The van der Waals surface area contributed by atoms with E-state index in [4.69, 9.17) is 4.74 Å². The van der Waals surface area contributed by atoms with E-state index in [2.05, 4.69) is 9.88 Å². The second kappa shape index (κ2) is 11.9. The van der Waals surface area contributed by atoms with Crippen LogP contribution in [0.4, 0.5) is 10.1 Å². The molecule has 7 heteroatoms. The van der Waals surface area contributed by atoms with Gasteiger partial charge in [0.1, 0.15) is 11.9 Å². The normalized spacial score (nSPS) is 17.9. The highest BCUT2D eigenvalue weighted by Gasteiger charge is 2.34. The molecule has 1 aliphatic rings. The number of cyclic esters (lactones) is 1. The zero-order valence-electron chi connectivity index (χ0n) is 22.6. The van der Waals surface area contributed by atoms with Crippen molar-refractivity contribution in [3.8, 4) is 11.3 Å². The van der Waals surface area contributed by atoms with Crippen molar-refractivity contribution >= 4 is 17.6 Å². The average Bonchev–Trinajstić information content (AvgIpc) is 3.34. The van der Waals surface area contributed by atoms with Crippen molar-refractivity contribution in [2.24, 2.45) is 0 Å². The number of anilines is 1. The number of aliphatic hydroxyl groups excluding tert-OH is 1. The third-order valence-corrected chi connectivity index (χ3v) is 7.26. The fourth-order valence-corrected chi connectivity index (χ4v) is 5.53. The number of aliphatic hydroxyl groups is 1. The third-order valence-electron chi connectivity index (χ3n) is 7.26. The molecule has 3 aromatic carbocycles. The Hall–Kier alpha value is -4.23. The van der Waals surface area contributed by atoms with E-state index in [1.54, 1.807) is 12.1 Å². The van der Waals surface area contributed by atoms with Gasteiger partial charge in [0, 0.05) is 29.9 Å². The molecule has 0 bridgehead atoms. The molecular weight excluding hydrogens is 507 g/mol. The van der Waals surface area contributed by atoms with Gasteiger partial charge < -0.3 is 19.7 Å². The molecule has 206 valence electrons. The molecule has 0 saturated carbocycles. The van der Waals surface area contributed by atoms with E-state index in [9.17, 15) is 19.1 Å². The predicted molar refractivity (Wildman–Crippen MR) is 153 cm³/mol. The molecule has 2 N–H and O–H groups in total. The molecule has 1 saturated heterocycles. The summed E-state index contributed by atoms with van der Waals surface area (Å²) >= 11 is 0. The molecule has 3 atom stereocenters. The van der Waals surface area contributed by atoms with Crippen LogP contribution >= 0.6 is 0 Å². The number of ether oxygens (including phenoxy) is 1. The maximum absolute atomic E-state index is 13.9. The number of nitrogens with zero attached hydrogens (tertiary/aromatic N) is 1. The summed E-state index contributed by atoms with van der Waals surface area (Å²) < 4.78 is 21.8. The number of rotatable bonds is 8. The molecule has 1 aliphatic heterocycles. The quantitative estimate of drug-likeness (QED) is 0.243. The van der Waals surface area contributed by atoms with Crippen molar-refractivity contribution in [2.45, 2.75) is 57.3 Å². The second-order valence-electron chi connectivity index (χ2n) is 10.5. The number of nitrogens with one attached hydrogen (secondary N) is 1. The first-order valence-corrected chi connectivity index (χ1v) is 13.6. The number of halogens is 1. The third kappa shape index (κ3) is 6.00. The Balaban J connectivity index is 1.69. The summed E-state index contributed by atoms with van der Waals surface area (Å²) in [6.45, 7) is 4.07. The largest absolute Gasteiger partial charge is 0.462 e. The van der Waals surface area contributed by atoms with Crippen LogP contribution in [0.5, 0.6) is 0 Å². The Morgan fingerprint density at radius 2 is 1.68 bits per heavy atom. The molecule has 5 rings (SSSR count). The van der Waals surface area contributed by atoms with Gasteiger partial charge in [0.25, 0.3) is 5.91 Å². The van der Waals surface area contributed by atoms with E-state index >= 15 is 0 Å². The van der Waals surface area contributed by atoms with Crippen LogP contribution in [0.15, 0.2) is 91.0 Å². The summed E-state index contributed by atoms with van der Waals surface area (Å²) in [5.74, 6) is -1.08. The Morgan fingerprint density at radius 1 is 1.02 bits per heavy atom. The Bertz CT molecular complexity index is 1470. The number of benzene rings is 3. The Morgan fingerprint density at radius 3 is 2.30 bits per heavy atom. The van der Waals surface area contributed by atoms with Crippen molar-refractivity contribution in [1.29, 1.82) is 0 Å². The molecule has 0 aliphatic carbocycles. The van der Waals surface area contributed by atoms with E-state index in [1.165, 1.54) is 12.1 Å². The van der Waals surface area contributed by atoms with Crippen LogP contribution in [0.25, 0.3) is 11.3 Å².